The maximum absolute atomic E-state index is 10.9. The number of aromatic nitrogens is 2. The number of unbranched alkanes of at least 4 members (excludes halogenated alkanes) is 2. The Morgan fingerprint density at radius 3 is 2.88 bits per heavy atom. The van der Waals surface area contributed by atoms with Crippen molar-refractivity contribution in [3.63, 3.8) is 0 Å². The second-order valence-electron chi connectivity index (χ2n) is 3.65. The van der Waals surface area contributed by atoms with Gasteiger partial charge in [-0.15, -0.1) is 0 Å². The van der Waals surface area contributed by atoms with Crippen LogP contribution in [0, 0.1) is 0 Å². The number of rotatable bonds is 8. The molecule has 94 valence electrons. The van der Waals surface area contributed by atoms with Gasteiger partial charge < -0.3 is 15.5 Å². The number of hydrogen-bond donors (Lipinski definition) is 3. The number of aliphatic hydroxyl groups is 1. The van der Waals surface area contributed by atoms with E-state index in [0.29, 0.717) is 12.2 Å². The lowest BCUT2D eigenvalue weighted by atomic mass is 10.2. The number of carboxylic acid groups (broad SMARTS) is 1. The summed E-state index contributed by atoms with van der Waals surface area (Å²) in [7, 11) is 0. The predicted molar refractivity (Wildman–Crippen MR) is 61.6 cm³/mol. The van der Waals surface area contributed by atoms with Crippen molar-refractivity contribution in [2.24, 2.45) is 0 Å². The van der Waals surface area contributed by atoms with Crippen molar-refractivity contribution >= 4 is 5.97 Å². The Labute approximate surface area is 99.7 Å². The Morgan fingerprint density at radius 2 is 2.18 bits per heavy atom. The Balaban J connectivity index is 2.34. The molecule has 0 amide bonds. The van der Waals surface area contributed by atoms with Crippen LogP contribution in [0.4, 0.5) is 0 Å². The molecule has 17 heavy (non-hydrogen) atoms. The molecular weight excluding hydrogens is 222 g/mol. The SMILES string of the molecule is O=C(O)c1cncnc1CNCCCCCO. The van der Waals surface area contributed by atoms with E-state index in [2.05, 4.69) is 15.3 Å². The van der Waals surface area contributed by atoms with Crippen LogP contribution in [0.15, 0.2) is 12.5 Å². The second-order valence-corrected chi connectivity index (χ2v) is 3.65. The van der Waals surface area contributed by atoms with Crippen LogP contribution in [0.5, 0.6) is 0 Å². The molecule has 0 unspecified atom stereocenters. The summed E-state index contributed by atoms with van der Waals surface area (Å²) in [6, 6.07) is 0. The molecule has 0 fully saturated rings. The van der Waals surface area contributed by atoms with E-state index in [4.69, 9.17) is 10.2 Å². The molecule has 1 heterocycles. The third-order valence-corrected chi connectivity index (χ3v) is 2.33. The topological polar surface area (TPSA) is 95.3 Å². The van der Waals surface area contributed by atoms with Gasteiger partial charge >= 0.3 is 5.97 Å². The molecule has 1 aromatic rings. The molecule has 0 atom stereocenters. The fraction of sp³-hybridized carbons (Fsp3) is 0.545. The molecule has 0 spiro atoms. The van der Waals surface area contributed by atoms with Gasteiger partial charge in [-0.2, -0.15) is 0 Å². The first-order valence-electron chi connectivity index (χ1n) is 5.59. The molecule has 0 radical (unpaired) electrons. The van der Waals surface area contributed by atoms with E-state index in [1.165, 1.54) is 12.5 Å². The van der Waals surface area contributed by atoms with Crippen molar-refractivity contribution in [1.29, 1.82) is 0 Å². The lowest BCUT2D eigenvalue weighted by Gasteiger charge is -2.06. The Hall–Kier alpha value is -1.53. The smallest absolute Gasteiger partial charge is 0.339 e. The highest BCUT2D eigenvalue weighted by molar-refractivity contribution is 5.88. The average Bonchev–Trinajstić information content (AvgIpc) is 2.34. The number of nitrogens with zero attached hydrogens (tertiary/aromatic N) is 2. The minimum Gasteiger partial charge on any atom is -0.478 e. The van der Waals surface area contributed by atoms with Gasteiger partial charge in [0.2, 0.25) is 0 Å². The van der Waals surface area contributed by atoms with Gasteiger partial charge in [-0.3, -0.25) is 0 Å². The standard InChI is InChI=1S/C11H17N3O3/c15-5-3-1-2-4-12-7-10-9(11(16)17)6-13-8-14-10/h6,8,12,15H,1-5,7H2,(H,16,17). The van der Waals surface area contributed by atoms with Crippen LogP contribution in [-0.2, 0) is 6.54 Å². The minimum absolute atomic E-state index is 0.135. The molecule has 0 bridgehead atoms. The highest BCUT2D eigenvalue weighted by atomic mass is 16.4. The number of carboxylic acids is 1. The number of aliphatic hydroxyl groups excluding tert-OH is 1. The zero-order chi connectivity index (χ0) is 12.5. The van der Waals surface area contributed by atoms with Crippen LogP contribution >= 0.6 is 0 Å². The van der Waals surface area contributed by atoms with E-state index in [9.17, 15) is 4.79 Å². The summed E-state index contributed by atoms with van der Waals surface area (Å²) < 4.78 is 0. The Kier molecular flexibility index (Phi) is 6.13. The molecule has 0 aliphatic heterocycles. The first-order valence-corrected chi connectivity index (χ1v) is 5.59. The van der Waals surface area contributed by atoms with Gasteiger partial charge in [0.25, 0.3) is 0 Å². The van der Waals surface area contributed by atoms with Crippen molar-refractivity contribution in [2.45, 2.75) is 25.8 Å². The zero-order valence-electron chi connectivity index (χ0n) is 9.59. The number of carbonyl (C=O) groups is 1. The summed E-state index contributed by atoms with van der Waals surface area (Å²) in [4.78, 5) is 18.5. The lowest BCUT2D eigenvalue weighted by molar-refractivity contribution is 0.0694. The van der Waals surface area contributed by atoms with Crippen LogP contribution in [-0.4, -0.2) is 39.3 Å². The molecule has 1 aromatic heterocycles. The third-order valence-electron chi connectivity index (χ3n) is 2.33. The summed E-state index contributed by atoms with van der Waals surface area (Å²) in [5.41, 5.74) is 0.630. The van der Waals surface area contributed by atoms with Crippen molar-refractivity contribution in [2.75, 3.05) is 13.2 Å². The molecule has 1 rings (SSSR count). The fourth-order valence-electron chi connectivity index (χ4n) is 1.42. The quantitative estimate of drug-likeness (QED) is 0.569. The van der Waals surface area contributed by atoms with Gasteiger partial charge in [0.05, 0.1) is 5.69 Å². The van der Waals surface area contributed by atoms with E-state index in [-0.39, 0.29) is 12.2 Å². The van der Waals surface area contributed by atoms with Gasteiger partial charge in [-0.1, -0.05) is 0 Å². The van der Waals surface area contributed by atoms with Crippen LogP contribution in [0.25, 0.3) is 0 Å². The maximum atomic E-state index is 10.9. The summed E-state index contributed by atoms with van der Waals surface area (Å²) in [6.45, 7) is 1.42. The normalized spacial score (nSPS) is 10.4. The number of hydrogen-bond acceptors (Lipinski definition) is 5. The van der Waals surface area contributed by atoms with Crippen LogP contribution in [0.2, 0.25) is 0 Å². The first kappa shape index (κ1) is 13.5. The van der Waals surface area contributed by atoms with Crippen molar-refractivity contribution in [3.8, 4) is 0 Å². The molecule has 0 saturated heterocycles. The molecule has 0 aliphatic rings. The fourth-order valence-corrected chi connectivity index (χ4v) is 1.42. The number of aromatic carboxylic acids is 1. The van der Waals surface area contributed by atoms with E-state index >= 15 is 0 Å². The van der Waals surface area contributed by atoms with Gasteiger partial charge in [0.1, 0.15) is 11.9 Å². The monoisotopic (exact) mass is 239 g/mol. The molecule has 6 nitrogen and oxygen atoms in total. The second kappa shape index (κ2) is 7.70. The van der Waals surface area contributed by atoms with Gasteiger partial charge in [-0.25, -0.2) is 14.8 Å². The first-order chi connectivity index (χ1) is 8.25. The molecule has 0 aromatic carbocycles. The van der Waals surface area contributed by atoms with Crippen molar-refractivity contribution in [1.82, 2.24) is 15.3 Å². The van der Waals surface area contributed by atoms with E-state index in [1.807, 2.05) is 0 Å². The largest absolute Gasteiger partial charge is 0.478 e. The van der Waals surface area contributed by atoms with E-state index in [1.54, 1.807) is 0 Å². The Bertz CT molecular complexity index is 358. The van der Waals surface area contributed by atoms with Crippen LogP contribution in [0.3, 0.4) is 0 Å². The maximum Gasteiger partial charge on any atom is 0.339 e. The van der Waals surface area contributed by atoms with Crippen LogP contribution in [0.1, 0.15) is 35.3 Å². The lowest BCUT2D eigenvalue weighted by Crippen LogP contribution is -2.18. The highest BCUT2D eigenvalue weighted by Gasteiger charge is 2.10. The molecule has 6 heteroatoms. The van der Waals surface area contributed by atoms with Gasteiger partial charge in [0.15, 0.2) is 0 Å². The summed E-state index contributed by atoms with van der Waals surface area (Å²) in [5, 5.41) is 20.6. The number of nitrogens with one attached hydrogen (secondary N) is 1. The molecular formula is C11H17N3O3. The zero-order valence-corrected chi connectivity index (χ0v) is 9.59. The van der Waals surface area contributed by atoms with E-state index in [0.717, 1.165) is 25.8 Å². The van der Waals surface area contributed by atoms with Crippen LogP contribution < -0.4 is 5.32 Å². The molecule has 3 N–H and O–H groups in total. The molecule has 0 aliphatic carbocycles. The van der Waals surface area contributed by atoms with E-state index < -0.39 is 5.97 Å². The summed E-state index contributed by atoms with van der Waals surface area (Å²) in [6.07, 6.45) is 5.36. The highest BCUT2D eigenvalue weighted by Crippen LogP contribution is 2.03. The summed E-state index contributed by atoms with van der Waals surface area (Å²) in [5.74, 6) is -1.01. The Morgan fingerprint density at radius 1 is 1.35 bits per heavy atom. The third kappa shape index (κ3) is 4.88. The van der Waals surface area contributed by atoms with Crippen molar-refractivity contribution in [3.05, 3.63) is 23.8 Å². The minimum atomic E-state index is -1.01. The average molecular weight is 239 g/mol. The van der Waals surface area contributed by atoms with Gasteiger partial charge in [-0.05, 0) is 25.8 Å². The molecule has 0 saturated carbocycles. The summed E-state index contributed by atoms with van der Waals surface area (Å²) >= 11 is 0. The predicted octanol–water partition coefficient (Wildman–Crippen LogP) is 0.427. The van der Waals surface area contributed by atoms with Gasteiger partial charge in [0, 0.05) is 19.3 Å². The van der Waals surface area contributed by atoms with Crippen molar-refractivity contribution < 1.29 is 15.0 Å².